The molecule has 0 aromatic heterocycles. The van der Waals surface area contributed by atoms with Crippen LogP contribution in [0.4, 0.5) is 0 Å². The minimum Gasteiger partial charge on any atom is -0.316 e. The molecule has 1 fully saturated rings. The van der Waals surface area contributed by atoms with Gasteiger partial charge >= 0.3 is 0 Å². The summed E-state index contributed by atoms with van der Waals surface area (Å²) in [5.74, 6) is 0. The highest BCUT2D eigenvalue weighted by Crippen LogP contribution is 2.10. The van der Waals surface area contributed by atoms with Crippen molar-refractivity contribution in [3.63, 3.8) is 0 Å². The van der Waals surface area contributed by atoms with Crippen molar-refractivity contribution in [2.75, 3.05) is 26.7 Å². The third kappa shape index (κ3) is 3.32. The van der Waals surface area contributed by atoms with Gasteiger partial charge in [0.15, 0.2) is 0 Å². The molecule has 1 aromatic carbocycles. The summed E-state index contributed by atoms with van der Waals surface area (Å²) in [6.07, 6.45) is 3.80. The minimum absolute atomic E-state index is 0.719. The van der Waals surface area contributed by atoms with Crippen molar-refractivity contribution in [3.05, 3.63) is 35.9 Å². The highest BCUT2D eigenvalue weighted by Gasteiger charge is 2.19. The maximum absolute atomic E-state index is 3.36. The summed E-state index contributed by atoms with van der Waals surface area (Å²) in [4.78, 5) is 2.57. The zero-order valence-electron chi connectivity index (χ0n) is 10.2. The lowest BCUT2D eigenvalue weighted by molar-refractivity contribution is 0.325. The maximum Gasteiger partial charge on any atom is 0.0204 e. The van der Waals surface area contributed by atoms with Gasteiger partial charge in [0.05, 0.1) is 0 Å². The summed E-state index contributed by atoms with van der Waals surface area (Å²) < 4.78 is 0. The molecule has 0 bridgehead atoms. The highest BCUT2D eigenvalue weighted by molar-refractivity contribution is 5.14. The third-order valence-electron chi connectivity index (χ3n) is 3.46. The second-order valence-electron chi connectivity index (χ2n) is 4.66. The van der Waals surface area contributed by atoms with E-state index in [0.29, 0.717) is 0 Å². The lowest BCUT2D eigenvalue weighted by Gasteiger charge is -2.15. The van der Waals surface area contributed by atoms with Crippen LogP contribution in [0.3, 0.4) is 0 Å². The van der Waals surface area contributed by atoms with Gasteiger partial charge in [0.2, 0.25) is 0 Å². The van der Waals surface area contributed by atoms with Gasteiger partial charge in [-0.1, -0.05) is 30.3 Å². The number of hydrogen-bond donors (Lipinski definition) is 1. The van der Waals surface area contributed by atoms with Crippen molar-refractivity contribution in [2.45, 2.75) is 25.3 Å². The number of likely N-dealkylation sites (tertiary alicyclic amines) is 1. The van der Waals surface area contributed by atoms with E-state index in [1.165, 1.54) is 44.5 Å². The van der Waals surface area contributed by atoms with E-state index in [-0.39, 0.29) is 0 Å². The summed E-state index contributed by atoms with van der Waals surface area (Å²) in [5.41, 5.74) is 1.46. The molecule has 0 aliphatic carbocycles. The van der Waals surface area contributed by atoms with Crippen LogP contribution in [0.15, 0.2) is 30.3 Å². The first-order valence-corrected chi connectivity index (χ1v) is 6.32. The molecule has 0 saturated carbocycles. The summed E-state index contributed by atoms with van der Waals surface area (Å²) in [6, 6.07) is 11.5. The van der Waals surface area contributed by atoms with Gasteiger partial charge in [-0.05, 0) is 45.0 Å². The molecule has 2 heteroatoms. The van der Waals surface area contributed by atoms with Crippen LogP contribution in [-0.4, -0.2) is 37.6 Å². The molecule has 2 rings (SSSR count). The molecule has 88 valence electrons. The highest BCUT2D eigenvalue weighted by atomic mass is 15.2. The van der Waals surface area contributed by atoms with E-state index in [2.05, 4.69) is 47.6 Å². The normalized spacial score (nSPS) is 21.4. The van der Waals surface area contributed by atoms with Gasteiger partial charge in [-0.3, -0.25) is 0 Å². The van der Waals surface area contributed by atoms with Crippen molar-refractivity contribution >= 4 is 0 Å². The van der Waals surface area contributed by atoms with Crippen LogP contribution in [0.1, 0.15) is 18.4 Å². The number of nitrogens with zero attached hydrogens (tertiary/aromatic N) is 1. The Hall–Kier alpha value is -0.860. The molecule has 1 aromatic rings. The second-order valence-corrected chi connectivity index (χ2v) is 4.66. The average Bonchev–Trinajstić information content (AvgIpc) is 2.78. The van der Waals surface area contributed by atoms with Gasteiger partial charge in [-0.15, -0.1) is 0 Å². The molecule has 1 heterocycles. The summed E-state index contributed by atoms with van der Waals surface area (Å²) in [5, 5.41) is 3.36. The molecule has 0 unspecified atom stereocenters. The Morgan fingerprint density at radius 2 is 2.12 bits per heavy atom. The summed E-state index contributed by atoms with van der Waals surface area (Å²) in [6.45, 7) is 3.73. The molecule has 1 N–H and O–H groups in total. The van der Waals surface area contributed by atoms with Crippen molar-refractivity contribution in [1.29, 1.82) is 0 Å². The van der Waals surface area contributed by atoms with E-state index in [0.717, 1.165) is 6.04 Å². The topological polar surface area (TPSA) is 15.3 Å². The first-order chi connectivity index (χ1) is 7.88. The molecule has 1 saturated heterocycles. The monoisotopic (exact) mass is 218 g/mol. The number of nitrogens with one attached hydrogen (secondary N) is 1. The van der Waals surface area contributed by atoms with E-state index < -0.39 is 0 Å². The van der Waals surface area contributed by atoms with Crippen LogP contribution >= 0.6 is 0 Å². The van der Waals surface area contributed by atoms with E-state index in [1.54, 1.807) is 0 Å². The van der Waals surface area contributed by atoms with Gasteiger partial charge < -0.3 is 10.2 Å². The van der Waals surface area contributed by atoms with Crippen molar-refractivity contribution in [2.24, 2.45) is 0 Å². The predicted molar refractivity (Wildman–Crippen MR) is 68.7 cm³/mol. The molecule has 1 aliphatic rings. The third-order valence-corrected chi connectivity index (χ3v) is 3.46. The fourth-order valence-corrected chi connectivity index (χ4v) is 2.42. The van der Waals surface area contributed by atoms with Gasteiger partial charge in [0, 0.05) is 12.6 Å². The number of rotatable bonds is 5. The van der Waals surface area contributed by atoms with Crippen LogP contribution in [0.25, 0.3) is 0 Å². The van der Waals surface area contributed by atoms with Crippen LogP contribution in [0.5, 0.6) is 0 Å². The molecule has 0 radical (unpaired) electrons. The van der Waals surface area contributed by atoms with Gasteiger partial charge in [0.1, 0.15) is 0 Å². The Morgan fingerprint density at radius 1 is 1.31 bits per heavy atom. The minimum atomic E-state index is 0.719. The Bertz CT molecular complexity index is 297. The number of hydrogen-bond acceptors (Lipinski definition) is 2. The fourth-order valence-electron chi connectivity index (χ4n) is 2.42. The van der Waals surface area contributed by atoms with Gasteiger partial charge in [-0.25, -0.2) is 0 Å². The Kier molecular flexibility index (Phi) is 4.37. The molecule has 2 nitrogen and oxygen atoms in total. The van der Waals surface area contributed by atoms with Crippen LogP contribution in [0.2, 0.25) is 0 Å². The van der Waals surface area contributed by atoms with E-state index in [9.17, 15) is 0 Å². The quantitative estimate of drug-likeness (QED) is 0.812. The number of likely N-dealkylation sites (N-methyl/N-ethyl adjacent to an activating group) is 1. The van der Waals surface area contributed by atoms with E-state index in [1.807, 2.05) is 0 Å². The molecule has 0 spiro atoms. The molecule has 1 aliphatic heterocycles. The molecule has 0 amide bonds. The molecule has 16 heavy (non-hydrogen) atoms. The SMILES string of the molecule is CN[C@@H]1CCN(CCCc2ccccc2)C1. The van der Waals surface area contributed by atoms with E-state index >= 15 is 0 Å². The maximum atomic E-state index is 3.36. The van der Waals surface area contributed by atoms with Crippen molar-refractivity contribution in [1.82, 2.24) is 10.2 Å². The Labute approximate surface area is 98.7 Å². The predicted octanol–water partition coefficient (Wildman–Crippen LogP) is 1.91. The molecular formula is C14H22N2. The molecule has 1 atom stereocenters. The zero-order valence-corrected chi connectivity index (χ0v) is 10.2. The van der Waals surface area contributed by atoms with Crippen molar-refractivity contribution in [3.8, 4) is 0 Å². The lowest BCUT2D eigenvalue weighted by Crippen LogP contribution is -2.30. The Balaban J connectivity index is 1.65. The van der Waals surface area contributed by atoms with E-state index in [4.69, 9.17) is 0 Å². The van der Waals surface area contributed by atoms with Crippen LogP contribution < -0.4 is 5.32 Å². The first-order valence-electron chi connectivity index (χ1n) is 6.32. The fraction of sp³-hybridized carbons (Fsp3) is 0.571. The van der Waals surface area contributed by atoms with Crippen LogP contribution in [0, 0.1) is 0 Å². The number of aryl methyl sites for hydroxylation is 1. The molecular weight excluding hydrogens is 196 g/mol. The largest absolute Gasteiger partial charge is 0.316 e. The van der Waals surface area contributed by atoms with Crippen LogP contribution in [-0.2, 0) is 6.42 Å². The Morgan fingerprint density at radius 3 is 2.81 bits per heavy atom. The van der Waals surface area contributed by atoms with Gasteiger partial charge in [0.25, 0.3) is 0 Å². The second kappa shape index (κ2) is 6.02. The summed E-state index contributed by atoms with van der Waals surface area (Å²) >= 11 is 0. The lowest BCUT2D eigenvalue weighted by atomic mass is 10.1. The van der Waals surface area contributed by atoms with Crippen molar-refractivity contribution < 1.29 is 0 Å². The summed E-state index contributed by atoms with van der Waals surface area (Å²) in [7, 11) is 2.07. The zero-order chi connectivity index (χ0) is 11.2. The first kappa shape index (κ1) is 11.6. The average molecular weight is 218 g/mol. The standard InChI is InChI=1S/C14H22N2/c1-15-14-9-11-16(12-14)10-5-8-13-6-3-2-4-7-13/h2-4,6-7,14-15H,5,8-12H2,1H3/t14-/m1/s1. The number of benzene rings is 1. The van der Waals surface area contributed by atoms with Gasteiger partial charge in [-0.2, -0.15) is 0 Å². The smallest absolute Gasteiger partial charge is 0.0204 e.